The van der Waals surface area contributed by atoms with Crippen molar-refractivity contribution in [2.24, 2.45) is 11.3 Å². The smallest absolute Gasteiger partial charge is 0.133 e. The molecule has 23 heavy (non-hydrogen) atoms. The molecule has 0 unspecified atom stereocenters. The second-order valence-corrected chi connectivity index (χ2v) is 8.71. The first kappa shape index (κ1) is 18.9. The number of allylic oxidation sites excluding steroid dienone is 5. The fourth-order valence-corrected chi connectivity index (χ4v) is 4.27. The van der Waals surface area contributed by atoms with Gasteiger partial charge in [0.1, 0.15) is 5.76 Å². The molecule has 3 atom stereocenters. The maximum atomic E-state index is 10.5. The molecular weight excluding hydrogens is 355 g/mol. The largest absolute Gasteiger partial charge is 0.506 e. The molecule has 5 heteroatoms. The Morgan fingerprint density at radius 2 is 1.87 bits per heavy atom. The van der Waals surface area contributed by atoms with Gasteiger partial charge in [-0.15, -0.1) is 11.6 Å². The van der Waals surface area contributed by atoms with E-state index in [1.165, 1.54) is 0 Å². The summed E-state index contributed by atoms with van der Waals surface area (Å²) >= 11 is 18.7. The molecule has 0 aromatic carbocycles. The average molecular weight is 378 g/mol. The lowest BCUT2D eigenvalue weighted by molar-refractivity contribution is 0.169. The third-order valence-corrected chi connectivity index (χ3v) is 5.09. The monoisotopic (exact) mass is 376 g/mol. The molecule has 2 aliphatic carbocycles. The van der Waals surface area contributed by atoms with Gasteiger partial charge in [0, 0.05) is 11.0 Å². The summed E-state index contributed by atoms with van der Waals surface area (Å²) in [5, 5.41) is 21.3. The van der Waals surface area contributed by atoms with Gasteiger partial charge in [0.15, 0.2) is 0 Å². The number of hydrogen-bond acceptors (Lipinski definition) is 2. The summed E-state index contributed by atoms with van der Waals surface area (Å²) in [5.41, 5.74) is 1.64. The highest BCUT2D eigenvalue weighted by molar-refractivity contribution is 6.33. The van der Waals surface area contributed by atoms with Crippen LogP contribution in [0.2, 0.25) is 0 Å². The van der Waals surface area contributed by atoms with Crippen molar-refractivity contribution in [2.75, 3.05) is 0 Å². The zero-order valence-corrected chi connectivity index (χ0v) is 15.9. The van der Waals surface area contributed by atoms with E-state index in [2.05, 4.69) is 20.8 Å². The van der Waals surface area contributed by atoms with Crippen molar-refractivity contribution in [3.05, 3.63) is 45.2 Å². The van der Waals surface area contributed by atoms with Crippen molar-refractivity contribution in [3.8, 4) is 0 Å². The topological polar surface area (TPSA) is 40.5 Å². The second kappa shape index (κ2) is 7.23. The molecule has 0 saturated heterocycles. The van der Waals surface area contributed by atoms with Gasteiger partial charge in [-0.25, -0.2) is 0 Å². The minimum absolute atomic E-state index is 0.0962. The normalized spacial score (nSPS) is 27.9. The maximum Gasteiger partial charge on any atom is 0.133 e. The summed E-state index contributed by atoms with van der Waals surface area (Å²) in [6.45, 7) is 6.30. The first-order chi connectivity index (χ1) is 10.6. The van der Waals surface area contributed by atoms with Crippen LogP contribution in [-0.2, 0) is 0 Å². The van der Waals surface area contributed by atoms with Crippen LogP contribution in [0.5, 0.6) is 0 Å². The molecule has 128 valence electrons. The molecule has 2 aliphatic rings. The van der Waals surface area contributed by atoms with Crippen molar-refractivity contribution >= 4 is 34.8 Å². The van der Waals surface area contributed by atoms with Gasteiger partial charge in [-0.05, 0) is 42.4 Å². The lowest BCUT2D eigenvalue weighted by Gasteiger charge is -2.37. The molecule has 0 saturated carbocycles. The quantitative estimate of drug-likeness (QED) is 0.597. The molecule has 0 aromatic heterocycles. The molecule has 0 heterocycles. The number of alkyl halides is 1. The lowest BCUT2D eigenvalue weighted by Crippen LogP contribution is -2.29. The van der Waals surface area contributed by atoms with Crippen molar-refractivity contribution in [1.82, 2.24) is 0 Å². The molecule has 0 amide bonds. The van der Waals surface area contributed by atoms with Crippen molar-refractivity contribution in [3.63, 3.8) is 0 Å². The van der Waals surface area contributed by atoms with Gasteiger partial charge in [-0.2, -0.15) is 0 Å². The molecule has 2 nitrogen and oxygen atoms in total. The second-order valence-electron chi connectivity index (χ2n) is 7.31. The van der Waals surface area contributed by atoms with E-state index in [0.29, 0.717) is 24.3 Å². The fraction of sp³-hybridized carbons (Fsp3) is 0.556. The van der Waals surface area contributed by atoms with Crippen LogP contribution in [-0.4, -0.2) is 21.7 Å². The number of aliphatic hydroxyl groups excluding tert-OH is 2. The van der Waals surface area contributed by atoms with Gasteiger partial charge in [0.25, 0.3) is 0 Å². The highest BCUT2D eigenvalue weighted by atomic mass is 35.5. The summed E-state index contributed by atoms with van der Waals surface area (Å²) in [6.07, 6.45) is 6.48. The van der Waals surface area contributed by atoms with E-state index in [4.69, 9.17) is 34.8 Å². The zero-order valence-electron chi connectivity index (χ0n) is 13.6. The Hall–Kier alpha value is -0.410. The predicted molar refractivity (Wildman–Crippen MR) is 98.1 cm³/mol. The Morgan fingerprint density at radius 3 is 2.48 bits per heavy atom. The standard InChI is InChI=1S/C18H23Cl3O2/c1-18(2,3)16(10-6-11(19)4-5-13(22)7-10)14-8-12(20)9-15(21)17(14)23/h4,6,9,12-13,16,22-23H,5,7-8H2,1-3H3/t12-,13+,16+/m1/s1. The number of halogens is 3. The summed E-state index contributed by atoms with van der Waals surface area (Å²) in [6, 6.07) is 0. The van der Waals surface area contributed by atoms with E-state index in [-0.39, 0.29) is 27.5 Å². The van der Waals surface area contributed by atoms with E-state index < -0.39 is 6.10 Å². The molecule has 0 bridgehead atoms. The summed E-state index contributed by atoms with van der Waals surface area (Å²) in [5.74, 6) is 0.00401. The van der Waals surface area contributed by atoms with Crippen LogP contribution in [0.15, 0.2) is 45.2 Å². The molecule has 0 spiro atoms. The van der Waals surface area contributed by atoms with Crippen LogP contribution in [0.1, 0.15) is 40.0 Å². The predicted octanol–water partition coefficient (Wildman–Crippen LogP) is 5.80. The SMILES string of the molecule is CC(C)(C)[C@@H](C1=CC(Cl)=CC[C@H](O)C1)C1=C(O)C(Cl)=C[C@H](Cl)C1. The highest BCUT2D eigenvalue weighted by Crippen LogP contribution is 2.46. The van der Waals surface area contributed by atoms with Crippen molar-refractivity contribution in [2.45, 2.75) is 51.5 Å². The minimum Gasteiger partial charge on any atom is -0.506 e. The Labute approximate surface area is 153 Å². The minimum atomic E-state index is -0.480. The molecular formula is C18H23Cl3O2. The molecule has 2 N–H and O–H groups in total. The van der Waals surface area contributed by atoms with Crippen LogP contribution in [0.25, 0.3) is 0 Å². The van der Waals surface area contributed by atoms with Gasteiger partial charge < -0.3 is 10.2 Å². The Morgan fingerprint density at radius 1 is 1.22 bits per heavy atom. The van der Waals surface area contributed by atoms with E-state index in [9.17, 15) is 10.2 Å². The molecule has 0 aromatic rings. The van der Waals surface area contributed by atoms with Crippen LogP contribution in [0.4, 0.5) is 0 Å². The van der Waals surface area contributed by atoms with Gasteiger partial charge in [0.05, 0.1) is 16.5 Å². The Kier molecular flexibility index (Phi) is 5.94. The molecule has 0 radical (unpaired) electrons. The summed E-state index contributed by atoms with van der Waals surface area (Å²) in [7, 11) is 0. The van der Waals surface area contributed by atoms with Gasteiger partial charge in [-0.1, -0.05) is 55.6 Å². The third kappa shape index (κ3) is 4.57. The molecule has 2 rings (SSSR count). The number of aliphatic hydroxyl groups is 2. The lowest BCUT2D eigenvalue weighted by atomic mass is 9.68. The van der Waals surface area contributed by atoms with Crippen LogP contribution in [0, 0.1) is 11.3 Å². The van der Waals surface area contributed by atoms with Gasteiger partial charge >= 0.3 is 0 Å². The number of hydrogen-bond donors (Lipinski definition) is 2. The highest BCUT2D eigenvalue weighted by Gasteiger charge is 2.36. The first-order valence-corrected chi connectivity index (χ1v) is 8.96. The van der Waals surface area contributed by atoms with Gasteiger partial charge in [0.2, 0.25) is 0 Å². The van der Waals surface area contributed by atoms with E-state index >= 15 is 0 Å². The van der Waals surface area contributed by atoms with E-state index in [1.807, 2.05) is 12.2 Å². The first-order valence-electron chi connectivity index (χ1n) is 7.77. The Bertz CT molecular complexity index is 594. The van der Waals surface area contributed by atoms with Crippen molar-refractivity contribution < 1.29 is 10.2 Å². The van der Waals surface area contributed by atoms with Gasteiger partial charge in [-0.3, -0.25) is 0 Å². The van der Waals surface area contributed by atoms with E-state index in [0.717, 1.165) is 11.1 Å². The van der Waals surface area contributed by atoms with Crippen LogP contribution < -0.4 is 0 Å². The molecule has 0 aliphatic heterocycles. The Balaban J connectivity index is 2.53. The van der Waals surface area contributed by atoms with Crippen LogP contribution in [0.3, 0.4) is 0 Å². The third-order valence-electron chi connectivity index (χ3n) is 4.24. The maximum absolute atomic E-state index is 10.5. The molecule has 0 fully saturated rings. The van der Waals surface area contributed by atoms with Crippen LogP contribution >= 0.6 is 34.8 Å². The summed E-state index contributed by atoms with van der Waals surface area (Å²) in [4.78, 5) is 0. The average Bonchev–Trinajstić information content (AvgIpc) is 2.55. The van der Waals surface area contributed by atoms with E-state index in [1.54, 1.807) is 6.08 Å². The number of rotatable bonds is 2. The fourth-order valence-electron chi connectivity index (χ4n) is 3.41. The zero-order chi connectivity index (χ0) is 17.4. The van der Waals surface area contributed by atoms with Crippen molar-refractivity contribution in [1.29, 1.82) is 0 Å². The summed E-state index contributed by atoms with van der Waals surface area (Å²) < 4.78 is 0.